The zero-order valence-corrected chi connectivity index (χ0v) is 30.4. The topological polar surface area (TPSA) is 30.7 Å². The van der Waals surface area contributed by atoms with E-state index in [9.17, 15) is 0 Å². The molecule has 2 heterocycles. The lowest BCUT2D eigenvalue weighted by molar-refractivity contribution is 0.758. The van der Waals surface area contributed by atoms with Crippen molar-refractivity contribution in [3.05, 3.63) is 223 Å². The minimum atomic E-state index is -0.632. The zero-order chi connectivity index (χ0) is 36.8. The lowest BCUT2D eigenvalue weighted by atomic mass is 9.72. The highest BCUT2D eigenvalue weighted by atomic mass is 15.0. The van der Waals surface area contributed by atoms with Crippen LogP contribution < -0.4 is 0 Å². The average molecular weight is 712 g/mol. The van der Waals surface area contributed by atoms with Crippen LogP contribution in [0.2, 0.25) is 0 Å². The number of para-hydroxylation sites is 2. The smallest absolute Gasteiger partial charge is 0.160 e. The van der Waals surface area contributed by atoms with Crippen LogP contribution in [-0.2, 0) is 5.41 Å². The average Bonchev–Trinajstić information content (AvgIpc) is 3.88. The number of hydrogen-bond donors (Lipinski definition) is 0. The van der Waals surface area contributed by atoms with Gasteiger partial charge in [0.15, 0.2) is 5.82 Å². The third-order valence-corrected chi connectivity index (χ3v) is 12.0. The van der Waals surface area contributed by atoms with Crippen LogP contribution in [0, 0.1) is 0 Å². The molecule has 2 aliphatic carbocycles. The van der Waals surface area contributed by atoms with Crippen LogP contribution in [-0.4, -0.2) is 14.5 Å². The Hall–Kier alpha value is -7.36. The van der Waals surface area contributed by atoms with Crippen molar-refractivity contribution in [3.8, 4) is 61.7 Å². The molecule has 3 nitrogen and oxygen atoms in total. The Morgan fingerprint density at radius 2 is 0.911 bits per heavy atom. The predicted octanol–water partition coefficient (Wildman–Crippen LogP) is 12.9. The molecule has 0 N–H and O–H groups in total. The first kappa shape index (κ1) is 31.0. The SMILES string of the molecule is c1ccc(-c2nc(-c3ccccc3)c3c(n2)C2(c4ccccc4-c4ccccc42)c2cc(-c4ccc(-n5c6ccccc6c6ccccc65)cc4)ccc2-3)cc1. The molecule has 0 amide bonds. The van der Waals surface area contributed by atoms with Crippen molar-refractivity contribution < 1.29 is 0 Å². The van der Waals surface area contributed by atoms with E-state index in [1.165, 1.54) is 66.3 Å². The molecule has 56 heavy (non-hydrogen) atoms. The second-order valence-electron chi connectivity index (χ2n) is 14.9. The number of rotatable bonds is 4. The summed E-state index contributed by atoms with van der Waals surface area (Å²) in [4.78, 5) is 11.0. The van der Waals surface area contributed by atoms with E-state index in [2.05, 4.69) is 199 Å². The first-order valence-corrected chi connectivity index (χ1v) is 19.3. The summed E-state index contributed by atoms with van der Waals surface area (Å²) >= 11 is 0. The highest BCUT2D eigenvalue weighted by molar-refractivity contribution is 6.09. The van der Waals surface area contributed by atoms with E-state index in [0.717, 1.165) is 39.6 Å². The summed E-state index contributed by atoms with van der Waals surface area (Å²) in [5.74, 6) is 0.734. The molecular formula is C53H33N3. The van der Waals surface area contributed by atoms with Crippen LogP contribution in [0.3, 0.4) is 0 Å². The van der Waals surface area contributed by atoms with E-state index in [4.69, 9.17) is 9.97 Å². The summed E-state index contributed by atoms with van der Waals surface area (Å²) in [6, 6.07) is 72.3. The number of nitrogens with zero attached hydrogens (tertiary/aromatic N) is 3. The van der Waals surface area contributed by atoms with Crippen molar-refractivity contribution in [3.63, 3.8) is 0 Å². The van der Waals surface area contributed by atoms with E-state index >= 15 is 0 Å². The van der Waals surface area contributed by atoms with Crippen LogP contribution >= 0.6 is 0 Å². The van der Waals surface area contributed by atoms with Crippen molar-refractivity contribution in [1.29, 1.82) is 0 Å². The van der Waals surface area contributed by atoms with Gasteiger partial charge in [-0.05, 0) is 74.8 Å². The van der Waals surface area contributed by atoms with Gasteiger partial charge >= 0.3 is 0 Å². The fourth-order valence-electron chi connectivity index (χ4n) is 9.67. The molecule has 2 aliphatic rings. The van der Waals surface area contributed by atoms with Gasteiger partial charge in [-0.1, -0.05) is 170 Å². The molecule has 0 saturated carbocycles. The van der Waals surface area contributed by atoms with Gasteiger partial charge in [-0.25, -0.2) is 9.97 Å². The molecule has 0 bridgehead atoms. The van der Waals surface area contributed by atoms with Gasteiger partial charge in [0.1, 0.15) is 0 Å². The van der Waals surface area contributed by atoms with E-state index < -0.39 is 5.41 Å². The molecule has 10 aromatic rings. The number of benzene rings is 8. The number of aromatic nitrogens is 3. The van der Waals surface area contributed by atoms with Crippen LogP contribution in [0.15, 0.2) is 200 Å². The van der Waals surface area contributed by atoms with Crippen molar-refractivity contribution in [2.75, 3.05) is 0 Å². The summed E-state index contributed by atoms with van der Waals surface area (Å²) in [6.45, 7) is 0. The molecule has 2 aromatic heterocycles. The number of fused-ring (bicyclic) bond motifs is 13. The van der Waals surface area contributed by atoms with Crippen LogP contribution in [0.1, 0.15) is 22.4 Å². The van der Waals surface area contributed by atoms with Crippen molar-refractivity contribution in [1.82, 2.24) is 14.5 Å². The van der Waals surface area contributed by atoms with Crippen LogP contribution in [0.4, 0.5) is 0 Å². The first-order chi connectivity index (χ1) is 27.8. The highest BCUT2D eigenvalue weighted by Crippen LogP contribution is 2.63. The van der Waals surface area contributed by atoms with Crippen molar-refractivity contribution >= 4 is 21.8 Å². The van der Waals surface area contributed by atoms with Gasteiger partial charge in [0.25, 0.3) is 0 Å². The second kappa shape index (κ2) is 11.8. The maximum absolute atomic E-state index is 5.64. The first-order valence-electron chi connectivity index (χ1n) is 19.3. The van der Waals surface area contributed by atoms with Crippen LogP contribution in [0.25, 0.3) is 83.5 Å². The second-order valence-corrected chi connectivity index (χ2v) is 14.9. The van der Waals surface area contributed by atoms with Crippen molar-refractivity contribution in [2.45, 2.75) is 5.41 Å². The van der Waals surface area contributed by atoms with E-state index in [1.807, 2.05) is 6.07 Å². The Balaban J connectivity index is 1.11. The summed E-state index contributed by atoms with van der Waals surface area (Å²) in [5.41, 5.74) is 17.9. The van der Waals surface area contributed by atoms with Gasteiger partial charge in [-0.3, -0.25) is 0 Å². The van der Waals surface area contributed by atoms with Gasteiger partial charge in [0.2, 0.25) is 0 Å². The molecule has 8 aromatic carbocycles. The zero-order valence-electron chi connectivity index (χ0n) is 30.4. The molecule has 0 aliphatic heterocycles. The van der Waals surface area contributed by atoms with E-state index in [1.54, 1.807) is 0 Å². The van der Waals surface area contributed by atoms with Gasteiger partial charge in [0, 0.05) is 33.2 Å². The molecule has 1 spiro atoms. The normalized spacial score (nSPS) is 13.1. The summed E-state index contributed by atoms with van der Waals surface area (Å²) in [7, 11) is 0. The molecule has 0 unspecified atom stereocenters. The Morgan fingerprint density at radius 3 is 1.55 bits per heavy atom. The molecule has 0 radical (unpaired) electrons. The Kier molecular flexibility index (Phi) is 6.55. The fraction of sp³-hybridized carbons (Fsp3) is 0.0189. The van der Waals surface area contributed by atoms with Gasteiger partial charge in [-0.15, -0.1) is 0 Å². The fourth-order valence-corrected chi connectivity index (χ4v) is 9.67. The standard InChI is InChI=1S/C53H33N3/c1-3-15-35(16-4-1)50-49-43-32-29-37(34-27-30-38(31-28-34)56-47-25-13-9-21-41(47)42-22-10-14-26-48(42)56)33-46(43)53(51(49)55-52(54-50)36-17-5-2-6-18-36)44-23-11-7-19-39(44)40-20-8-12-24-45(40)53/h1-33H. The maximum atomic E-state index is 5.64. The molecule has 3 heteroatoms. The van der Waals surface area contributed by atoms with Crippen LogP contribution in [0.5, 0.6) is 0 Å². The Labute approximate surface area is 324 Å². The third-order valence-electron chi connectivity index (χ3n) is 12.0. The summed E-state index contributed by atoms with van der Waals surface area (Å²) in [5, 5.41) is 2.53. The highest BCUT2D eigenvalue weighted by Gasteiger charge is 2.54. The minimum Gasteiger partial charge on any atom is -0.309 e. The summed E-state index contributed by atoms with van der Waals surface area (Å²) in [6.07, 6.45) is 0. The van der Waals surface area contributed by atoms with Crippen molar-refractivity contribution in [2.24, 2.45) is 0 Å². The van der Waals surface area contributed by atoms with Gasteiger partial charge < -0.3 is 4.57 Å². The molecular weight excluding hydrogens is 679 g/mol. The molecule has 12 rings (SSSR count). The largest absolute Gasteiger partial charge is 0.309 e. The minimum absolute atomic E-state index is 0.632. The van der Waals surface area contributed by atoms with E-state index in [-0.39, 0.29) is 0 Å². The quantitative estimate of drug-likeness (QED) is 0.182. The van der Waals surface area contributed by atoms with Gasteiger partial charge in [0.05, 0.1) is 27.8 Å². The van der Waals surface area contributed by atoms with E-state index in [0.29, 0.717) is 0 Å². The lowest BCUT2D eigenvalue weighted by Crippen LogP contribution is -2.27. The lowest BCUT2D eigenvalue weighted by Gasteiger charge is -2.30. The molecule has 0 saturated heterocycles. The molecule has 0 atom stereocenters. The number of hydrogen-bond acceptors (Lipinski definition) is 2. The Bertz CT molecular complexity index is 3080. The Morgan fingerprint density at radius 1 is 0.375 bits per heavy atom. The predicted molar refractivity (Wildman–Crippen MR) is 229 cm³/mol. The molecule has 0 fully saturated rings. The molecule has 260 valence electrons. The maximum Gasteiger partial charge on any atom is 0.160 e. The summed E-state index contributed by atoms with van der Waals surface area (Å²) < 4.78 is 2.38. The third kappa shape index (κ3) is 4.22. The van der Waals surface area contributed by atoms with Gasteiger partial charge in [-0.2, -0.15) is 0 Å². The monoisotopic (exact) mass is 711 g/mol.